The summed E-state index contributed by atoms with van der Waals surface area (Å²) in [6.45, 7) is -2.59. The van der Waals surface area contributed by atoms with Crippen LogP contribution in [-0.4, -0.2) is 201 Å². The molecule has 0 spiro atoms. The molecule has 0 fully saturated rings. The maximum absolute atomic E-state index is 13.1. The van der Waals surface area contributed by atoms with Crippen LogP contribution < -0.4 is 25.5 Å². The van der Waals surface area contributed by atoms with E-state index in [1.54, 1.807) is 73.6 Å². The Hall–Kier alpha value is -7.22. The van der Waals surface area contributed by atoms with Crippen molar-refractivity contribution in [1.29, 1.82) is 0 Å². The molecule has 4 rings (SSSR count). The van der Waals surface area contributed by atoms with Crippen molar-refractivity contribution in [2.75, 3.05) is 94.4 Å². The van der Waals surface area contributed by atoms with E-state index >= 15 is 0 Å². The molecule has 2 aromatic carbocycles. The second-order valence-corrected chi connectivity index (χ2v) is 17.4. The number of nitrogens with one attached hydrogen (secondary N) is 2. The first-order valence-corrected chi connectivity index (χ1v) is 23.1. The van der Waals surface area contributed by atoms with E-state index in [4.69, 9.17) is 24.8 Å². The van der Waals surface area contributed by atoms with Gasteiger partial charge in [0.15, 0.2) is 6.54 Å². The molecule has 25 heteroatoms. The number of rotatable bonds is 29. The minimum absolute atomic E-state index is 0.0297. The van der Waals surface area contributed by atoms with E-state index in [9.17, 15) is 58.5 Å². The highest BCUT2D eigenvalue weighted by Crippen LogP contribution is 2.42. The number of nitrogens with zero attached hydrogens (tertiary/aromatic N) is 4. The van der Waals surface area contributed by atoms with Crippen molar-refractivity contribution in [1.82, 2.24) is 25.0 Å². The molecule has 370 valence electrons. The van der Waals surface area contributed by atoms with Crippen molar-refractivity contribution in [3.63, 3.8) is 0 Å². The quantitative estimate of drug-likeness (QED) is 0.0261. The number of para-hydroxylation sites is 1. The predicted octanol–water partition coefficient (Wildman–Crippen LogP) is 0.289. The molecule has 0 aromatic heterocycles. The first kappa shape index (κ1) is 54.4. The summed E-state index contributed by atoms with van der Waals surface area (Å²) in [6, 6.07) is 14.6. The Bertz CT molecular complexity index is 2590. The molecule has 2 aliphatic rings. The van der Waals surface area contributed by atoms with Gasteiger partial charge < -0.3 is 55.7 Å². The van der Waals surface area contributed by atoms with Crippen LogP contribution in [0.1, 0.15) is 10.4 Å². The monoisotopic (exact) mass is 999 g/mol. The van der Waals surface area contributed by atoms with E-state index in [2.05, 4.69) is 10.6 Å². The van der Waals surface area contributed by atoms with Crippen molar-refractivity contribution in [2.45, 2.75) is 12.1 Å². The third kappa shape index (κ3) is 15.9. The SMILES string of the molecule is CN(CCNC(=O)CSCC(C(=O)O)N(CC(=O)O)CC(=O)O)c1cccc(-c2c3ccc(=[N+](C)CCNC(=O)CSCC(C(=O)O)N(CC(=O)O)CC(=O)O)cc-3oc3ccccc23)c1C(=O)O. The van der Waals surface area contributed by atoms with Crippen molar-refractivity contribution in [2.24, 2.45) is 0 Å². The molecule has 2 atom stereocenters. The molecule has 0 saturated heterocycles. The lowest BCUT2D eigenvalue weighted by Crippen LogP contribution is -2.48. The van der Waals surface area contributed by atoms with Crippen molar-refractivity contribution >= 4 is 93.8 Å². The van der Waals surface area contributed by atoms with Gasteiger partial charge in [0.2, 0.25) is 17.2 Å². The summed E-state index contributed by atoms with van der Waals surface area (Å²) < 4.78 is 8.18. The predicted molar refractivity (Wildman–Crippen MR) is 252 cm³/mol. The molecule has 2 amide bonds. The zero-order valence-electron chi connectivity index (χ0n) is 37.2. The zero-order valence-corrected chi connectivity index (χ0v) is 38.9. The molecular weight excluding hydrogens is 949 g/mol. The fourth-order valence-corrected chi connectivity index (χ4v) is 9.13. The summed E-state index contributed by atoms with van der Waals surface area (Å²) in [7, 11) is 3.43. The van der Waals surface area contributed by atoms with Crippen LogP contribution in [0.15, 0.2) is 65.1 Å². The fraction of sp³-hybridized carbons (Fsp3) is 0.364. The second-order valence-electron chi connectivity index (χ2n) is 15.3. The van der Waals surface area contributed by atoms with Crippen molar-refractivity contribution in [3.05, 3.63) is 71.6 Å². The number of carboxylic acids is 7. The van der Waals surface area contributed by atoms with Gasteiger partial charge in [-0.3, -0.25) is 48.2 Å². The normalized spacial score (nSPS) is 12.6. The average molecular weight is 1000 g/mol. The van der Waals surface area contributed by atoms with Gasteiger partial charge in [-0.1, -0.05) is 30.3 Å². The first-order valence-electron chi connectivity index (χ1n) is 20.8. The molecule has 23 nitrogen and oxygen atoms in total. The van der Waals surface area contributed by atoms with Crippen LogP contribution in [0.25, 0.3) is 33.4 Å². The molecule has 2 unspecified atom stereocenters. The van der Waals surface area contributed by atoms with Gasteiger partial charge >= 0.3 is 41.8 Å². The van der Waals surface area contributed by atoms with Gasteiger partial charge in [-0.25, -0.2) is 9.37 Å². The van der Waals surface area contributed by atoms with Crippen LogP contribution in [-0.2, 0) is 38.4 Å². The van der Waals surface area contributed by atoms with Crippen LogP contribution in [0.5, 0.6) is 0 Å². The second kappa shape index (κ2) is 25.8. The van der Waals surface area contributed by atoms with Crippen molar-refractivity contribution < 1.29 is 83.3 Å². The molecule has 1 aliphatic carbocycles. The number of amides is 2. The standard InChI is InChI=1S/C44H50N6O17S2/c1-47(14-12-45-34(51)23-68-21-30(42(61)62)49(17-36(53)54)18-37(55)56)25-10-11-27-33(16-25)67-32-9-4-3-6-26(32)40(27)28-7-5-8-29(41(28)44(65)66)48(2)15-13-46-35(52)24-69-22-31(43(63)64)50(19-38(57)58)20-39(59)60/h3-11,16,30-31H,12-15,17-24H2,1-2H3,(H8-,45,46,51,52,53,54,55,56,57,58,59,60,61,62,63,64,65,66)/p+1. The number of fused-ring (bicyclic) bond motifs is 2. The van der Waals surface area contributed by atoms with Crippen LogP contribution in [0.4, 0.5) is 5.69 Å². The summed E-state index contributed by atoms with van der Waals surface area (Å²) in [6.07, 6.45) is 0. The van der Waals surface area contributed by atoms with E-state index in [0.717, 1.165) is 33.3 Å². The molecular formula is C44H51N6O17S2+. The number of likely N-dealkylation sites (N-methyl/N-ethyl adjacent to an activating group) is 2. The lowest BCUT2D eigenvalue weighted by atomic mass is 9.90. The fourth-order valence-electron chi connectivity index (χ4n) is 7.16. The molecule has 1 heterocycles. The minimum Gasteiger partial charge on any atom is -0.480 e. The van der Waals surface area contributed by atoms with Gasteiger partial charge in [0, 0.05) is 54.2 Å². The number of hydrogen-bond acceptors (Lipinski definition) is 15. The molecule has 69 heavy (non-hydrogen) atoms. The maximum Gasteiger partial charge on any atom is 0.338 e. The summed E-state index contributed by atoms with van der Waals surface area (Å²) in [5.41, 5.74) is 2.31. The van der Waals surface area contributed by atoms with Gasteiger partial charge in [-0.15, -0.1) is 23.5 Å². The number of anilines is 1. The van der Waals surface area contributed by atoms with Crippen LogP contribution in [0.2, 0.25) is 0 Å². The Balaban J connectivity index is 1.48. The van der Waals surface area contributed by atoms with Gasteiger partial charge in [0.05, 0.1) is 61.5 Å². The maximum atomic E-state index is 13.1. The van der Waals surface area contributed by atoms with E-state index in [0.29, 0.717) is 51.0 Å². The molecule has 0 bridgehead atoms. The van der Waals surface area contributed by atoms with E-state index in [1.165, 1.54) is 0 Å². The van der Waals surface area contributed by atoms with Crippen LogP contribution >= 0.6 is 23.5 Å². The number of carbonyl (C=O) groups excluding carboxylic acids is 2. The average Bonchev–Trinajstić information content (AvgIpc) is 3.26. The van der Waals surface area contributed by atoms with Gasteiger partial charge in [-0.2, -0.15) is 0 Å². The third-order valence-electron chi connectivity index (χ3n) is 10.4. The number of hydrogen-bond donors (Lipinski definition) is 9. The van der Waals surface area contributed by atoms with Gasteiger partial charge in [-0.05, 0) is 23.8 Å². The summed E-state index contributed by atoms with van der Waals surface area (Å²) in [5.74, 6) is -11.1. The Morgan fingerprint density at radius 1 is 0.652 bits per heavy atom. The number of aromatic carboxylic acids is 1. The smallest absolute Gasteiger partial charge is 0.338 e. The van der Waals surface area contributed by atoms with Crippen molar-refractivity contribution in [3.8, 4) is 22.5 Å². The molecule has 9 N–H and O–H groups in total. The minimum atomic E-state index is -1.48. The van der Waals surface area contributed by atoms with Crippen LogP contribution in [0, 0.1) is 0 Å². The van der Waals surface area contributed by atoms with Gasteiger partial charge in [0.25, 0.3) is 0 Å². The lowest BCUT2D eigenvalue weighted by molar-refractivity contribution is -0.151. The molecule has 2 aromatic rings. The zero-order chi connectivity index (χ0) is 50.9. The third-order valence-corrected chi connectivity index (χ3v) is 12.4. The highest BCUT2D eigenvalue weighted by molar-refractivity contribution is 8.00. The number of aliphatic carboxylic acids is 6. The Morgan fingerprint density at radius 3 is 1.68 bits per heavy atom. The Kier molecular flexibility index (Phi) is 20.3. The first-order chi connectivity index (χ1) is 32.7. The largest absolute Gasteiger partial charge is 0.480 e. The molecule has 0 saturated carbocycles. The number of carbonyl (C=O) groups is 9. The number of benzene rings is 3. The van der Waals surface area contributed by atoms with E-state index in [1.807, 2.05) is 10.6 Å². The van der Waals surface area contributed by atoms with E-state index < -0.39 is 91.9 Å². The summed E-state index contributed by atoms with van der Waals surface area (Å²) in [5, 5.41) is 73.1. The highest BCUT2D eigenvalue weighted by atomic mass is 32.2. The number of thioether (sulfide) groups is 2. The Labute approximate surface area is 401 Å². The van der Waals surface area contributed by atoms with Crippen LogP contribution in [0.3, 0.4) is 0 Å². The molecule has 0 radical (unpaired) electrons. The summed E-state index contributed by atoms with van der Waals surface area (Å²) >= 11 is 1.79. The van der Waals surface area contributed by atoms with E-state index in [-0.39, 0.29) is 48.2 Å². The summed E-state index contributed by atoms with van der Waals surface area (Å²) in [4.78, 5) is 110. The lowest BCUT2D eigenvalue weighted by Gasteiger charge is -2.25. The topological polar surface area (TPSA) is 345 Å². The highest BCUT2D eigenvalue weighted by Gasteiger charge is 2.31. The van der Waals surface area contributed by atoms with Gasteiger partial charge in [0.1, 0.15) is 30.5 Å². The molecule has 1 aliphatic heterocycles. The Morgan fingerprint density at radius 2 is 1.17 bits per heavy atom. The number of carboxylic acid groups (broad SMARTS) is 7.